The molecule has 124 valence electrons. The molecule has 0 heterocycles. The number of nitrogens with two attached hydrogens (primary N) is 1. The highest BCUT2D eigenvalue weighted by atomic mass is 16.5. The number of hydrogen-bond acceptors (Lipinski definition) is 2. The van der Waals surface area contributed by atoms with E-state index < -0.39 is 0 Å². The second-order valence-electron chi connectivity index (χ2n) is 7.00. The Morgan fingerprint density at radius 2 is 1.82 bits per heavy atom. The van der Waals surface area contributed by atoms with Gasteiger partial charge in [-0.2, -0.15) is 0 Å². The van der Waals surface area contributed by atoms with Gasteiger partial charge in [0, 0.05) is 6.04 Å². The van der Waals surface area contributed by atoms with Crippen LogP contribution in [0.2, 0.25) is 0 Å². The van der Waals surface area contributed by atoms with Gasteiger partial charge in [0.05, 0.1) is 12.7 Å². The third-order valence-corrected chi connectivity index (χ3v) is 5.16. The number of unbranched alkanes of at least 4 members (excludes halogenated alkanes) is 1. The van der Waals surface area contributed by atoms with Crippen molar-refractivity contribution >= 4 is 0 Å². The van der Waals surface area contributed by atoms with Crippen LogP contribution in [-0.2, 0) is 4.74 Å². The molecule has 0 aliphatic heterocycles. The number of benzene rings is 1. The second kappa shape index (κ2) is 9.32. The molecule has 2 nitrogen and oxygen atoms in total. The predicted molar refractivity (Wildman–Crippen MR) is 94.1 cm³/mol. The van der Waals surface area contributed by atoms with Crippen molar-refractivity contribution in [2.24, 2.45) is 11.7 Å². The van der Waals surface area contributed by atoms with Gasteiger partial charge in [-0.1, -0.05) is 57.0 Å². The normalized spacial score (nSPS) is 24.9. The van der Waals surface area contributed by atoms with Gasteiger partial charge in [0.15, 0.2) is 0 Å². The Labute approximate surface area is 136 Å². The molecule has 2 atom stereocenters. The summed E-state index contributed by atoms with van der Waals surface area (Å²) in [5.41, 5.74) is 7.73. The lowest BCUT2D eigenvalue weighted by atomic mass is 9.83. The van der Waals surface area contributed by atoms with Crippen LogP contribution in [0.1, 0.15) is 70.3 Å². The van der Waals surface area contributed by atoms with Gasteiger partial charge in [-0.05, 0) is 49.5 Å². The third kappa shape index (κ3) is 5.40. The monoisotopic (exact) mass is 303 g/mol. The summed E-state index contributed by atoms with van der Waals surface area (Å²) >= 11 is 0. The molecule has 1 aliphatic rings. The van der Waals surface area contributed by atoms with Crippen LogP contribution in [0.3, 0.4) is 0 Å². The van der Waals surface area contributed by atoms with Gasteiger partial charge in [0.25, 0.3) is 0 Å². The average molecular weight is 303 g/mol. The summed E-state index contributed by atoms with van der Waals surface area (Å²) in [5, 5.41) is 0. The smallest absolute Gasteiger partial charge is 0.0575 e. The van der Waals surface area contributed by atoms with Gasteiger partial charge in [-0.15, -0.1) is 0 Å². The lowest BCUT2D eigenvalue weighted by molar-refractivity contribution is 0.00302. The summed E-state index contributed by atoms with van der Waals surface area (Å²) in [6.07, 6.45) is 8.92. The van der Waals surface area contributed by atoms with Crippen molar-refractivity contribution in [3.63, 3.8) is 0 Å². The van der Waals surface area contributed by atoms with Crippen LogP contribution in [-0.4, -0.2) is 18.8 Å². The van der Waals surface area contributed by atoms with Gasteiger partial charge in [0.2, 0.25) is 0 Å². The summed E-state index contributed by atoms with van der Waals surface area (Å²) in [5.74, 6) is 1.20. The highest BCUT2D eigenvalue weighted by Crippen LogP contribution is 2.34. The van der Waals surface area contributed by atoms with E-state index in [0.29, 0.717) is 18.1 Å². The Hall–Kier alpha value is -0.860. The molecule has 1 aromatic carbocycles. The fourth-order valence-electron chi connectivity index (χ4n) is 3.42. The highest BCUT2D eigenvalue weighted by Gasteiger charge is 2.23. The van der Waals surface area contributed by atoms with Crippen molar-refractivity contribution in [2.45, 2.75) is 76.9 Å². The Balaban J connectivity index is 1.67. The quantitative estimate of drug-likeness (QED) is 0.742. The fraction of sp³-hybridized carbons (Fsp3) is 0.700. The molecule has 2 heteroatoms. The van der Waals surface area contributed by atoms with Gasteiger partial charge in [-0.3, -0.25) is 0 Å². The Kier molecular flexibility index (Phi) is 7.41. The van der Waals surface area contributed by atoms with Crippen LogP contribution in [0.5, 0.6) is 0 Å². The molecule has 0 amide bonds. The predicted octanol–water partition coefficient (Wildman–Crippen LogP) is 4.88. The summed E-state index contributed by atoms with van der Waals surface area (Å²) in [4.78, 5) is 0. The van der Waals surface area contributed by atoms with Crippen molar-refractivity contribution in [1.82, 2.24) is 0 Å². The van der Waals surface area contributed by atoms with Crippen LogP contribution in [0.4, 0.5) is 0 Å². The van der Waals surface area contributed by atoms with E-state index in [-0.39, 0.29) is 0 Å². The first-order valence-corrected chi connectivity index (χ1v) is 9.12. The van der Waals surface area contributed by atoms with E-state index in [4.69, 9.17) is 10.5 Å². The molecule has 0 aromatic heterocycles. The van der Waals surface area contributed by atoms with E-state index in [1.54, 1.807) is 0 Å². The minimum absolute atomic E-state index is 0.292. The van der Waals surface area contributed by atoms with E-state index in [1.807, 2.05) is 0 Å². The highest BCUT2D eigenvalue weighted by molar-refractivity contribution is 5.19. The van der Waals surface area contributed by atoms with Crippen LogP contribution in [0.15, 0.2) is 30.3 Å². The molecule has 1 saturated carbocycles. The van der Waals surface area contributed by atoms with Crippen molar-refractivity contribution in [1.29, 1.82) is 0 Å². The molecule has 2 N–H and O–H groups in total. The van der Waals surface area contributed by atoms with Crippen LogP contribution >= 0.6 is 0 Å². The van der Waals surface area contributed by atoms with Gasteiger partial charge < -0.3 is 10.5 Å². The molecule has 1 aliphatic carbocycles. The first-order valence-electron chi connectivity index (χ1n) is 9.12. The third-order valence-electron chi connectivity index (χ3n) is 5.16. The summed E-state index contributed by atoms with van der Waals surface area (Å²) in [6.45, 7) is 5.28. The maximum atomic E-state index is 6.24. The minimum Gasteiger partial charge on any atom is -0.378 e. The molecule has 0 saturated heterocycles. The molecule has 0 radical (unpaired) electrons. The summed E-state index contributed by atoms with van der Waals surface area (Å²) in [6, 6.07) is 11.2. The molecule has 0 spiro atoms. The maximum absolute atomic E-state index is 6.24. The zero-order chi connectivity index (χ0) is 15.8. The Morgan fingerprint density at radius 3 is 2.45 bits per heavy atom. The van der Waals surface area contributed by atoms with E-state index >= 15 is 0 Å². The second-order valence-corrected chi connectivity index (χ2v) is 7.00. The van der Waals surface area contributed by atoms with E-state index in [2.05, 4.69) is 44.2 Å². The molecular formula is C20H33NO. The largest absolute Gasteiger partial charge is 0.378 e. The van der Waals surface area contributed by atoms with Crippen molar-refractivity contribution in [2.75, 3.05) is 6.61 Å². The fourth-order valence-corrected chi connectivity index (χ4v) is 3.42. The lowest BCUT2D eigenvalue weighted by Crippen LogP contribution is -2.33. The maximum Gasteiger partial charge on any atom is 0.0575 e. The standard InChI is InChI=1S/C20H33NO/c1-3-4-10-20(21)16(2)15-22-19-13-11-18(12-14-19)17-8-6-5-7-9-17/h5-9,16,18-20H,3-4,10-15,21H2,1-2H3. The molecule has 0 bridgehead atoms. The molecule has 1 fully saturated rings. The summed E-state index contributed by atoms with van der Waals surface area (Å²) < 4.78 is 6.15. The molecule has 2 unspecified atom stereocenters. The summed E-state index contributed by atoms with van der Waals surface area (Å²) in [7, 11) is 0. The van der Waals surface area contributed by atoms with Gasteiger partial charge in [0.1, 0.15) is 0 Å². The van der Waals surface area contributed by atoms with Crippen molar-refractivity contribution in [3.8, 4) is 0 Å². The zero-order valence-corrected chi connectivity index (χ0v) is 14.3. The van der Waals surface area contributed by atoms with Gasteiger partial charge in [-0.25, -0.2) is 0 Å². The number of ether oxygens (including phenoxy) is 1. The lowest BCUT2D eigenvalue weighted by Gasteiger charge is -2.30. The average Bonchev–Trinajstić information content (AvgIpc) is 2.58. The topological polar surface area (TPSA) is 35.2 Å². The molecule has 1 aromatic rings. The molecule has 2 rings (SSSR count). The molecule has 22 heavy (non-hydrogen) atoms. The van der Waals surface area contributed by atoms with E-state index in [9.17, 15) is 0 Å². The van der Waals surface area contributed by atoms with Crippen molar-refractivity contribution < 1.29 is 4.74 Å². The minimum atomic E-state index is 0.292. The molecular weight excluding hydrogens is 270 g/mol. The number of rotatable bonds is 8. The Morgan fingerprint density at radius 1 is 1.14 bits per heavy atom. The first-order chi connectivity index (χ1) is 10.7. The zero-order valence-electron chi connectivity index (χ0n) is 14.3. The van der Waals surface area contributed by atoms with Crippen LogP contribution in [0.25, 0.3) is 0 Å². The van der Waals surface area contributed by atoms with Crippen molar-refractivity contribution in [3.05, 3.63) is 35.9 Å². The van der Waals surface area contributed by atoms with E-state index in [0.717, 1.165) is 18.9 Å². The van der Waals surface area contributed by atoms with Gasteiger partial charge >= 0.3 is 0 Å². The Bertz CT molecular complexity index is 397. The first kappa shape index (κ1) is 17.5. The SMILES string of the molecule is CCCCC(N)C(C)COC1CCC(c2ccccc2)CC1. The van der Waals surface area contributed by atoms with E-state index in [1.165, 1.54) is 44.1 Å². The van der Waals surface area contributed by atoms with Crippen LogP contribution in [0, 0.1) is 5.92 Å². The number of hydrogen-bond donors (Lipinski definition) is 1. The van der Waals surface area contributed by atoms with Crippen LogP contribution < -0.4 is 5.73 Å².